The van der Waals surface area contributed by atoms with Gasteiger partial charge in [-0.3, -0.25) is 4.98 Å². The van der Waals surface area contributed by atoms with Crippen LogP contribution in [0.25, 0.3) is 22.0 Å². The second kappa shape index (κ2) is 7.50. The number of aromatic nitrogens is 1. The zero-order valence-electron chi connectivity index (χ0n) is 15.6. The van der Waals surface area contributed by atoms with Crippen molar-refractivity contribution in [1.29, 1.82) is 0 Å². The molecule has 1 aromatic heterocycles. The van der Waals surface area contributed by atoms with E-state index >= 15 is 0 Å². The van der Waals surface area contributed by atoms with Crippen LogP contribution in [0.4, 0.5) is 5.69 Å². The number of anilines is 1. The third-order valence-corrected chi connectivity index (χ3v) is 4.66. The molecule has 1 heterocycles. The van der Waals surface area contributed by atoms with Gasteiger partial charge in [-0.15, -0.1) is 0 Å². The average Bonchev–Trinajstić information content (AvgIpc) is 2.72. The Morgan fingerprint density at radius 3 is 2.48 bits per heavy atom. The zero-order chi connectivity index (χ0) is 18.6. The van der Waals surface area contributed by atoms with Gasteiger partial charge in [0.05, 0.1) is 12.6 Å². The van der Waals surface area contributed by atoms with Crippen LogP contribution in [0.15, 0.2) is 78.9 Å². The molecule has 4 aromatic rings. The van der Waals surface area contributed by atoms with E-state index in [1.54, 1.807) is 7.11 Å². The molecule has 0 atom stereocenters. The van der Waals surface area contributed by atoms with E-state index in [0.29, 0.717) is 0 Å². The highest BCUT2D eigenvalue weighted by atomic mass is 16.5. The number of fused-ring (bicyclic) bond motifs is 1. The molecule has 0 spiro atoms. The number of nitrogens with one attached hydrogen (secondary N) is 1. The number of ether oxygens (including phenoxy) is 1. The molecular weight excluding hydrogens is 332 g/mol. The van der Waals surface area contributed by atoms with Crippen LogP contribution in [-0.4, -0.2) is 12.1 Å². The van der Waals surface area contributed by atoms with Crippen LogP contribution in [-0.2, 0) is 6.54 Å². The van der Waals surface area contributed by atoms with Crippen LogP contribution < -0.4 is 10.1 Å². The molecule has 0 saturated heterocycles. The summed E-state index contributed by atoms with van der Waals surface area (Å²) < 4.78 is 5.38. The Morgan fingerprint density at radius 1 is 0.852 bits per heavy atom. The van der Waals surface area contributed by atoms with E-state index in [2.05, 4.69) is 64.9 Å². The molecule has 0 amide bonds. The van der Waals surface area contributed by atoms with Crippen molar-refractivity contribution in [3.8, 4) is 16.9 Å². The van der Waals surface area contributed by atoms with Crippen LogP contribution in [0.1, 0.15) is 11.3 Å². The van der Waals surface area contributed by atoms with Crippen molar-refractivity contribution in [3.05, 3.63) is 90.1 Å². The first kappa shape index (κ1) is 17.1. The molecule has 3 aromatic carbocycles. The van der Waals surface area contributed by atoms with Gasteiger partial charge in [-0.2, -0.15) is 0 Å². The average molecular weight is 354 g/mol. The smallest absolute Gasteiger partial charge is 0.119 e. The lowest BCUT2D eigenvalue weighted by Gasteiger charge is -2.13. The SMILES string of the molecule is COc1ccc2nc(C)cc(NCc3cccc(-c4ccccc4)c3)c2c1. The number of hydrogen-bond acceptors (Lipinski definition) is 3. The fourth-order valence-corrected chi connectivity index (χ4v) is 3.30. The van der Waals surface area contributed by atoms with Gasteiger partial charge in [0.25, 0.3) is 0 Å². The lowest BCUT2D eigenvalue weighted by molar-refractivity contribution is 0.415. The molecule has 0 radical (unpaired) electrons. The summed E-state index contributed by atoms with van der Waals surface area (Å²) in [5, 5.41) is 4.65. The molecule has 0 saturated carbocycles. The van der Waals surface area contributed by atoms with E-state index < -0.39 is 0 Å². The summed E-state index contributed by atoms with van der Waals surface area (Å²) in [6, 6.07) is 27.2. The summed E-state index contributed by atoms with van der Waals surface area (Å²) in [6.45, 7) is 2.77. The Bertz CT molecular complexity index is 1070. The van der Waals surface area contributed by atoms with E-state index in [1.165, 1.54) is 16.7 Å². The molecule has 1 N–H and O–H groups in total. The first-order valence-electron chi connectivity index (χ1n) is 9.06. The van der Waals surface area contributed by atoms with Gasteiger partial charge in [0, 0.05) is 23.3 Å². The molecular formula is C24H22N2O. The topological polar surface area (TPSA) is 34.1 Å². The second-order valence-electron chi connectivity index (χ2n) is 6.61. The number of methoxy groups -OCH3 is 1. The first-order valence-corrected chi connectivity index (χ1v) is 9.06. The number of pyridine rings is 1. The number of aryl methyl sites for hydroxylation is 1. The molecule has 27 heavy (non-hydrogen) atoms. The van der Waals surface area contributed by atoms with Gasteiger partial charge >= 0.3 is 0 Å². The number of hydrogen-bond donors (Lipinski definition) is 1. The van der Waals surface area contributed by atoms with Crippen molar-refractivity contribution in [1.82, 2.24) is 4.98 Å². The maximum Gasteiger partial charge on any atom is 0.119 e. The molecule has 4 rings (SSSR count). The highest BCUT2D eigenvalue weighted by Crippen LogP contribution is 2.28. The van der Waals surface area contributed by atoms with Crippen LogP contribution in [0.5, 0.6) is 5.75 Å². The normalized spacial score (nSPS) is 10.7. The summed E-state index contributed by atoms with van der Waals surface area (Å²) in [5.74, 6) is 0.835. The predicted molar refractivity (Wildman–Crippen MR) is 112 cm³/mol. The van der Waals surface area contributed by atoms with Gasteiger partial charge in [-0.1, -0.05) is 48.5 Å². The summed E-state index contributed by atoms with van der Waals surface area (Å²) in [5.41, 5.74) is 6.73. The third kappa shape index (κ3) is 3.77. The lowest BCUT2D eigenvalue weighted by atomic mass is 10.0. The zero-order valence-corrected chi connectivity index (χ0v) is 15.6. The van der Waals surface area contributed by atoms with E-state index in [0.717, 1.165) is 34.6 Å². The van der Waals surface area contributed by atoms with Crippen LogP contribution in [0, 0.1) is 6.92 Å². The van der Waals surface area contributed by atoms with E-state index in [9.17, 15) is 0 Å². The molecule has 3 heteroatoms. The molecule has 0 aliphatic heterocycles. The van der Waals surface area contributed by atoms with Crippen molar-refractivity contribution in [2.45, 2.75) is 13.5 Å². The number of rotatable bonds is 5. The van der Waals surface area contributed by atoms with Crippen LogP contribution in [0.2, 0.25) is 0 Å². The van der Waals surface area contributed by atoms with Crippen molar-refractivity contribution in [2.75, 3.05) is 12.4 Å². The van der Waals surface area contributed by atoms with Gasteiger partial charge in [0.2, 0.25) is 0 Å². The molecule has 0 fully saturated rings. The second-order valence-corrected chi connectivity index (χ2v) is 6.61. The van der Waals surface area contributed by atoms with Crippen molar-refractivity contribution >= 4 is 16.6 Å². The maximum absolute atomic E-state index is 5.38. The van der Waals surface area contributed by atoms with Gasteiger partial charge in [0.15, 0.2) is 0 Å². The minimum atomic E-state index is 0.746. The Labute approximate surface area is 159 Å². The van der Waals surface area contributed by atoms with Crippen molar-refractivity contribution in [3.63, 3.8) is 0 Å². The first-order chi connectivity index (χ1) is 13.2. The molecule has 134 valence electrons. The number of nitrogens with zero attached hydrogens (tertiary/aromatic N) is 1. The van der Waals surface area contributed by atoms with Gasteiger partial charge in [-0.05, 0) is 53.9 Å². The Morgan fingerprint density at radius 2 is 1.67 bits per heavy atom. The fraction of sp³-hybridized carbons (Fsp3) is 0.125. The predicted octanol–water partition coefficient (Wildman–Crippen LogP) is 5.83. The maximum atomic E-state index is 5.38. The van der Waals surface area contributed by atoms with Crippen LogP contribution in [0.3, 0.4) is 0 Å². The third-order valence-electron chi connectivity index (χ3n) is 4.66. The summed E-state index contributed by atoms with van der Waals surface area (Å²) >= 11 is 0. The quantitative estimate of drug-likeness (QED) is 0.489. The molecule has 0 bridgehead atoms. The summed E-state index contributed by atoms with van der Waals surface area (Å²) in [6.07, 6.45) is 0. The van der Waals surface area contributed by atoms with E-state index in [-0.39, 0.29) is 0 Å². The Balaban J connectivity index is 1.62. The minimum Gasteiger partial charge on any atom is -0.497 e. The Kier molecular flexibility index (Phi) is 4.75. The van der Waals surface area contributed by atoms with Gasteiger partial charge in [0.1, 0.15) is 5.75 Å². The molecule has 3 nitrogen and oxygen atoms in total. The number of benzene rings is 3. The standard InChI is InChI=1S/C24H22N2O/c1-17-13-24(22-15-21(27-2)11-12-23(22)26-17)25-16-18-7-6-10-20(14-18)19-8-4-3-5-9-19/h3-15H,16H2,1-2H3,(H,25,26). The summed E-state index contributed by atoms with van der Waals surface area (Å²) in [7, 11) is 1.69. The Hall–Kier alpha value is -3.33. The van der Waals surface area contributed by atoms with Crippen molar-refractivity contribution < 1.29 is 4.74 Å². The lowest BCUT2D eigenvalue weighted by Crippen LogP contribution is -2.01. The largest absolute Gasteiger partial charge is 0.497 e. The molecule has 0 unspecified atom stereocenters. The van der Waals surface area contributed by atoms with Crippen LogP contribution >= 0.6 is 0 Å². The highest BCUT2D eigenvalue weighted by molar-refractivity contribution is 5.92. The summed E-state index contributed by atoms with van der Waals surface area (Å²) in [4.78, 5) is 4.62. The van der Waals surface area contributed by atoms with Crippen molar-refractivity contribution in [2.24, 2.45) is 0 Å². The fourth-order valence-electron chi connectivity index (χ4n) is 3.30. The van der Waals surface area contributed by atoms with Gasteiger partial charge < -0.3 is 10.1 Å². The van der Waals surface area contributed by atoms with E-state index in [1.807, 2.05) is 31.2 Å². The molecule has 0 aliphatic carbocycles. The molecule has 0 aliphatic rings. The van der Waals surface area contributed by atoms with E-state index in [4.69, 9.17) is 4.74 Å². The highest BCUT2D eigenvalue weighted by Gasteiger charge is 2.06. The minimum absolute atomic E-state index is 0.746. The van der Waals surface area contributed by atoms with Gasteiger partial charge in [-0.25, -0.2) is 0 Å². The monoisotopic (exact) mass is 354 g/mol.